The van der Waals surface area contributed by atoms with E-state index in [9.17, 15) is 0 Å². The van der Waals surface area contributed by atoms with Crippen LogP contribution >= 0.6 is 0 Å². The van der Waals surface area contributed by atoms with E-state index in [4.69, 9.17) is 5.73 Å². The topological polar surface area (TPSA) is 26.0 Å². The van der Waals surface area contributed by atoms with Gasteiger partial charge in [-0.15, -0.1) is 0 Å². The molecule has 0 unspecified atom stereocenters. The van der Waals surface area contributed by atoms with Gasteiger partial charge in [-0.2, -0.15) is 0 Å². The third-order valence-electron chi connectivity index (χ3n) is 2.42. The molecule has 2 N–H and O–H groups in total. The minimum Gasteiger partial charge on any atom is -0.324 e. The fourth-order valence-corrected chi connectivity index (χ4v) is 1.77. The first kappa shape index (κ1) is 11.3. The lowest BCUT2D eigenvalue weighted by Gasteiger charge is -2.24. The van der Waals surface area contributed by atoms with Crippen LogP contribution in [0.3, 0.4) is 0 Å². The number of rotatable bonds is 2. The molecule has 1 atom stereocenters. The monoisotopic (exact) mass is 191 g/mol. The summed E-state index contributed by atoms with van der Waals surface area (Å²) in [4.78, 5) is 0. The van der Waals surface area contributed by atoms with Gasteiger partial charge in [0.15, 0.2) is 0 Å². The molecule has 1 aromatic carbocycles. The normalized spacial score (nSPS) is 14.1. The summed E-state index contributed by atoms with van der Waals surface area (Å²) in [5, 5.41) is 0. The van der Waals surface area contributed by atoms with Crippen LogP contribution in [0.25, 0.3) is 0 Å². The largest absolute Gasteiger partial charge is 0.324 e. The van der Waals surface area contributed by atoms with Crippen molar-refractivity contribution in [2.75, 3.05) is 0 Å². The molecule has 0 heterocycles. The van der Waals surface area contributed by atoms with E-state index in [1.807, 2.05) is 0 Å². The average molecular weight is 191 g/mol. The Bertz CT molecular complexity index is 296. The Kier molecular flexibility index (Phi) is 3.33. The van der Waals surface area contributed by atoms with Gasteiger partial charge < -0.3 is 5.73 Å². The van der Waals surface area contributed by atoms with Crippen molar-refractivity contribution in [1.82, 2.24) is 0 Å². The molecule has 1 aromatic rings. The lowest BCUT2D eigenvalue weighted by Crippen LogP contribution is -2.19. The second-order valence-electron chi connectivity index (χ2n) is 5.23. The fraction of sp³-hybridized carbons (Fsp3) is 0.538. The Morgan fingerprint density at radius 2 is 1.79 bits per heavy atom. The predicted octanol–water partition coefficient (Wildman–Crippen LogP) is 3.43. The molecule has 0 aliphatic carbocycles. The quantitative estimate of drug-likeness (QED) is 0.761. The van der Waals surface area contributed by atoms with Gasteiger partial charge in [0, 0.05) is 6.04 Å². The summed E-state index contributed by atoms with van der Waals surface area (Å²) in [6.07, 6.45) is 1.03. The van der Waals surface area contributed by atoms with Crippen molar-refractivity contribution in [2.45, 2.75) is 40.2 Å². The number of hydrogen-bond donors (Lipinski definition) is 1. The zero-order chi connectivity index (χ0) is 10.8. The molecule has 14 heavy (non-hydrogen) atoms. The van der Waals surface area contributed by atoms with Crippen molar-refractivity contribution in [3.05, 3.63) is 35.4 Å². The van der Waals surface area contributed by atoms with E-state index in [2.05, 4.69) is 52.0 Å². The first-order valence-corrected chi connectivity index (χ1v) is 5.21. The maximum absolute atomic E-state index is 6.18. The highest BCUT2D eigenvalue weighted by atomic mass is 14.6. The Morgan fingerprint density at radius 3 is 2.29 bits per heavy atom. The summed E-state index contributed by atoms with van der Waals surface area (Å²) in [6, 6.07) is 8.54. The van der Waals surface area contributed by atoms with E-state index in [1.165, 1.54) is 11.1 Å². The summed E-state index contributed by atoms with van der Waals surface area (Å²) < 4.78 is 0. The Balaban J connectivity index is 2.80. The van der Waals surface area contributed by atoms with Crippen molar-refractivity contribution < 1.29 is 0 Å². The smallest absolute Gasteiger partial charge is 0.0302 e. The highest BCUT2D eigenvalue weighted by Gasteiger charge is 2.17. The second kappa shape index (κ2) is 4.14. The van der Waals surface area contributed by atoms with Crippen molar-refractivity contribution in [2.24, 2.45) is 11.1 Å². The molecule has 78 valence electrons. The molecule has 0 spiro atoms. The summed E-state index contributed by atoms with van der Waals surface area (Å²) in [5.74, 6) is 0. The molecule has 0 radical (unpaired) electrons. The number of nitrogens with two attached hydrogens (primary N) is 1. The molecule has 0 aliphatic heterocycles. The molecule has 1 nitrogen and oxygen atoms in total. The van der Waals surface area contributed by atoms with Crippen LogP contribution in [0.1, 0.15) is 44.4 Å². The molecule has 0 aliphatic rings. The van der Waals surface area contributed by atoms with E-state index in [-0.39, 0.29) is 6.04 Å². The van der Waals surface area contributed by atoms with Gasteiger partial charge in [0.05, 0.1) is 0 Å². The van der Waals surface area contributed by atoms with Crippen LogP contribution < -0.4 is 5.73 Å². The molecule has 0 amide bonds. The molecule has 1 rings (SSSR count). The Labute approximate surface area is 87.3 Å². The van der Waals surface area contributed by atoms with Crippen molar-refractivity contribution in [3.8, 4) is 0 Å². The summed E-state index contributed by atoms with van der Waals surface area (Å²) in [7, 11) is 0. The van der Waals surface area contributed by atoms with Crippen LogP contribution in [0.2, 0.25) is 0 Å². The standard InChI is InChI=1S/C13H21N/c1-10-7-5-6-8-11(10)12(14)9-13(2,3)4/h5-8,12H,9,14H2,1-4H3/t12-/m0/s1. The third-order valence-corrected chi connectivity index (χ3v) is 2.42. The van der Waals surface area contributed by atoms with Gasteiger partial charge in [-0.3, -0.25) is 0 Å². The molecule has 1 heteroatoms. The second-order valence-corrected chi connectivity index (χ2v) is 5.23. The minimum atomic E-state index is 0.163. The van der Waals surface area contributed by atoms with Crippen LogP contribution in [-0.2, 0) is 0 Å². The zero-order valence-electron chi connectivity index (χ0n) is 9.67. The Morgan fingerprint density at radius 1 is 1.21 bits per heavy atom. The number of hydrogen-bond acceptors (Lipinski definition) is 1. The average Bonchev–Trinajstić information content (AvgIpc) is 2.01. The summed E-state index contributed by atoms with van der Waals surface area (Å²) in [5.41, 5.74) is 9.05. The predicted molar refractivity (Wildman–Crippen MR) is 62.2 cm³/mol. The molecule has 0 saturated carbocycles. The minimum absolute atomic E-state index is 0.163. The van der Waals surface area contributed by atoms with Crippen molar-refractivity contribution in [3.63, 3.8) is 0 Å². The number of aryl methyl sites for hydroxylation is 1. The van der Waals surface area contributed by atoms with Crippen LogP contribution in [0.5, 0.6) is 0 Å². The summed E-state index contributed by atoms with van der Waals surface area (Å²) in [6.45, 7) is 8.80. The van der Waals surface area contributed by atoms with E-state index in [0.717, 1.165) is 6.42 Å². The van der Waals surface area contributed by atoms with E-state index in [0.29, 0.717) is 5.41 Å². The van der Waals surface area contributed by atoms with Crippen LogP contribution in [0.15, 0.2) is 24.3 Å². The van der Waals surface area contributed by atoms with Gasteiger partial charge in [0.2, 0.25) is 0 Å². The molecule has 0 aromatic heterocycles. The highest BCUT2D eigenvalue weighted by molar-refractivity contribution is 5.28. The van der Waals surface area contributed by atoms with Crippen molar-refractivity contribution >= 4 is 0 Å². The van der Waals surface area contributed by atoms with Gasteiger partial charge in [-0.25, -0.2) is 0 Å². The molecule has 0 saturated heterocycles. The first-order chi connectivity index (χ1) is 6.40. The first-order valence-electron chi connectivity index (χ1n) is 5.21. The van der Waals surface area contributed by atoms with Gasteiger partial charge in [0.25, 0.3) is 0 Å². The molecular formula is C13H21N. The van der Waals surface area contributed by atoms with Crippen LogP contribution in [-0.4, -0.2) is 0 Å². The summed E-state index contributed by atoms with van der Waals surface area (Å²) >= 11 is 0. The molecule has 0 fully saturated rings. The van der Waals surface area contributed by atoms with Gasteiger partial charge in [-0.05, 0) is 29.9 Å². The van der Waals surface area contributed by atoms with Crippen LogP contribution in [0.4, 0.5) is 0 Å². The van der Waals surface area contributed by atoms with E-state index in [1.54, 1.807) is 0 Å². The maximum atomic E-state index is 6.18. The molecular weight excluding hydrogens is 170 g/mol. The molecule has 0 bridgehead atoms. The maximum Gasteiger partial charge on any atom is 0.0302 e. The highest BCUT2D eigenvalue weighted by Crippen LogP contribution is 2.28. The fourth-order valence-electron chi connectivity index (χ4n) is 1.77. The van der Waals surface area contributed by atoms with Crippen LogP contribution in [0, 0.1) is 12.3 Å². The Hall–Kier alpha value is -0.820. The van der Waals surface area contributed by atoms with E-state index >= 15 is 0 Å². The van der Waals surface area contributed by atoms with Gasteiger partial charge >= 0.3 is 0 Å². The lowest BCUT2D eigenvalue weighted by molar-refractivity contribution is 0.342. The lowest BCUT2D eigenvalue weighted by atomic mass is 9.85. The van der Waals surface area contributed by atoms with E-state index < -0.39 is 0 Å². The van der Waals surface area contributed by atoms with Gasteiger partial charge in [-0.1, -0.05) is 45.0 Å². The SMILES string of the molecule is Cc1ccccc1[C@@H](N)CC(C)(C)C. The number of benzene rings is 1. The third kappa shape index (κ3) is 3.15. The van der Waals surface area contributed by atoms with Crippen molar-refractivity contribution in [1.29, 1.82) is 0 Å². The zero-order valence-corrected chi connectivity index (χ0v) is 9.67. The van der Waals surface area contributed by atoms with Gasteiger partial charge in [0.1, 0.15) is 0 Å².